The molecular formula is C14H15FN2O. The van der Waals surface area contributed by atoms with E-state index in [1.165, 1.54) is 19.1 Å². The van der Waals surface area contributed by atoms with Gasteiger partial charge in [0.2, 0.25) is 0 Å². The van der Waals surface area contributed by atoms with Gasteiger partial charge in [0, 0.05) is 19.2 Å². The molecule has 0 saturated carbocycles. The van der Waals surface area contributed by atoms with E-state index in [0.29, 0.717) is 12.2 Å². The van der Waals surface area contributed by atoms with Crippen LogP contribution in [0, 0.1) is 19.7 Å². The monoisotopic (exact) mass is 246 g/mol. The van der Waals surface area contributed by atoms with E-state index in [0.717, 1.165) is 17.1 Å². The number of ketones is 1. The first-order chi connectivity index (χ1) is 8.49. The van der Waals surface area contributed by atoms with Gasteiger partial charge in [-0.3, -0.25) is 4.79 Å². The summed E-state index contributed by atoms with van der Waals surface area (Å²) >= 11 is 0. The minimum atomic E-state index is -0.248. The van der Waals surface area contributed by atoms with Crippen molar-refractivity contribution >= 4 is 5.78 Å². The molecule has 2 rings (SSSR count). The normalized spacial score (nSPS) is 10.7. The highest BCUT2D eigenvalue weighted by Crippen LogP contribution is 2.14. The number of Topliss-reactive ketones (excluding diaryl/α,β-unsaturated/α-hetero) is 1. The van der Waals surface area contributed by atoms with Crippen LogP contribution in [0.1, 0.15) is 34.5 Å². The molecule has 0 radical (unpaired) electrons. The number of aryl methyl sites for hydroxylation is 1. The molecule has 0 aliphatic carbocycles. The van der Waals surface area contributed by atoms with Crippen LogP contribution in [-0.4, -0.2) is 15.3 Å². The van der Waals surface area contributed by atoms with E-state index in [2.05, 4.69) is 4.98 Å². The molecule has 0 N–H and O–H groups in total. The summed E-state index contributed by atoms with van der Waals surface area (Å²) in [5.74, 6) is 0.512. The Balaban J connectivity index is 2.34. The summed E-state index contributed by atoms with van der Waals surface area (Å²) < 4.78 is 14.8. The van der Waals surface area contributed by atoms with Crippen molar-refractivity contribution in [3.8, 4) is 0 Å². The molecule has 0 amide bonds. The van der Waals surface area contributed by atoms with Gasteiger partial charge in [-0.05, 0) is 31.5 Å². The van der Waals surface area contributed by atoms with Crippen molar-refractivity contribution < 1.29 is 9.18 Å². The minimum absolute atomic E-state index is 0.0338. The number of halogens is 1. The molecule has 0 unspecified atom stereocenters. The number of nitrogens with zero attached hydrogens (tertiary/aromatic N) is 2. The first kappa shape index (κ1) is 12.5. The summed E-state index contributed by atoms with van der Waals surface area (Å²) in [6, 6.07) is 6.34. The molecule has 18 heavy (non-hydrogen) atoms. The standard InChI is InChI=1S/C14H15FN2O/c1-9-14(10(2)18)16-11(3)17(9)8-12-4-6-13(15)7-5-12/h4-7H,8H2,1-3H3. The van der Waals surface area contributed by atoms with Gasteiger partial charge in [0.15, 0.2) is 5.78 Å². The SMILES string of the molecule is CC(=O)c1nc(C)n(Cc2ccc(F)cc2)c1C. The highest BCUT2D eigenvalue weighted by atomic mass is 19.1. The summed E-state index contributed by atoms with van der Waals surface area (Å²) in [5, 5.41) is 0. The van der Waals surface area contributed by atoms with E-state index in [9.17, 15) is 9.18 Å². The quantitative estimate of drug-likeness (QED) is 0.780. The van der Waals surface area contributed by atoms with E-state index in [4.69, 9.17) is 0 Å². The van der Waals surface area contributed by atoms with Crippen molar-refractivity contribution in [2.45, 2.75) is 27.3 Å². The second-order valence-corrected chi connectivity index (χ2v) is 4.36. The van der Waals surface area contributed by atoms with Gasteiger partial charge in [-0.15, -0.1) is 0 Å². The van der Waals surface area contributed by atoms with Crippen LogP contribution in [0.15, 0.2) is 24.3 Å². The summed E-state index contributed by atoms with van der Waals surface area (Å²) in [4.78, 5) is 15.7. The Labute approximate surface area is 105 Å². The molecule has 0 aliphatic rings. The summed E-state index contributed by atoms with van der Waals surface area (Å²) in [6.07, 6.45) is 0. The molecule has 0 bridgehead atoms. The van der Waals surface area contributed by atoms with E-state index >= 15 is 0 Å². The van der Waals surface area contributed by atoms with Gasteiger partial charge in [-0.1, -0.05) is 12.1 Å². The second kappa shape index (κ2) is 4.72. The van der Waals surface area contributed by atoms with Crippen LogP contribution in [0.2, 0.25) is 0 Å². The lowest BCUT2D eigenvalue weighted by Crippen LogP contribution is -2.05. The molecule has 0 fully saturated rings. The predicted octanol–water partition coefficient (Wildman–Crippen LogP) is 2.89. The highest BCUT2D eigenvalue weighted by molar-refractivity contribution is 5.93. The fourth-order valence-corrected chi connectivity index (χ4v) is 2.01. The Morgan fingerprint density at radius 2 is 1.89 bits per heavy atom. The highest BCUT2D eigenvalue weighted by Gasteiger charge is 2.14. The van der Waals surface area contributed by atoms with Crippen molar-refractivity contribution in [1.29, 1.82) is 0 Å². The number of carbonyl (C=O) groups is 1. The van der Waals surface area contributed by atoms with Crippen LogP contribution in [0.25, 0.3) is 0 Å². The molecule has 0 spiro atoms. The van der Waals surface area contributed by atoms with Crippen LogP contribution >= 0.6 is 0 Å². The van der Waals surface area contributed by atoms with Gasteiger partial charge in [-0.25, -0.2) is 9.37 Å². The molecule has 94 valence electrons. The molecule has 0 atom stereocenters. The average Bonchev–Trinajstić information content (AvgIpc) is 2.60. The van der Waals surface area contributed by atoms with Crippen LogP contribution in [0.3, 0.4) is 0 Å². The fourth-order valence-electron chi connectivity index (χ4n) is 2.01. The largest absolute Gasteiger partial charge is 0.327 e. The molecule has 1 aromatic carbocycles. The maximum absolute atomic E-state index is 12.8. The Morgan fingerprint density at radius 3 is 2.39 bits per heavy atom. The Morgan fingerprint density at radius 1 is 1.28 bits per heavy atom. The van der Waals surface area contributed by atoms with Crippen molar-refractivity contribution in [3.63, 3.8) is 0 Å². The van der Waals surface area contributed by atoms with Crippen LogP contribution in [0.5, 0.6) is 0 Å². The fraction of sp³-hybridized carbons (Fsp3) is 0.286. The lowest BCUT2D eigenvalue weighted by Gasteiger charge is -2.08. The molecule has 2 aromatic rings. The molecule has 0 saturated heterocycles. The molecule has 3 nitrogen and oxygen atoms in total. The van der Waals surface area contributed by atoms with Crippen LogP contribution in [-0.2, 0) is 6.54 Å². The number of aromatic nitrogens is 2. The van der Waals surface area contributed by atoms with Gasteiger partial charge in [0.25, 0.3) is 0 Å². The number of rotatable bonds is 3. The topological polar surface area (TPSA) is 34.9 Å². The van der Waals surface area contributed by atoms with Crippen LogP contribution < -0.4 is 0 Å². The third kappa shape index (κ3) is 2.32. The molecule has 1 aromatic heterocycles. The summed E-state index contributed by atoms with van der Waals surface area (Å²) in [5.41, 5.74) is 2.34. The first-order valence-electron chi connectivity index (χ1n) is 5.78. The van der Waals surface area contributed by atoms with Gasteiger partial charge in [0.05, 0.1) is 0 Å². The van der Waals surface area contributed by atoms with Gasteiger partial charge < -0.3 is 4.57 Å². The molecule has 4 heteroatoms. The van der Waals surface area contributed by atoms with Crippen molar-refractivity contribution in [2.24, 2.45) is 0 Å². The minimum Gasteiger partial charge on any atom is -0.327 e. The van der Waals surface area contributed by atoms with Gasteiger partial charge in [-0.2, -0.15) is 0 Å². The zero-order chi connectivity index (χ0) is 13.3. The summed E-state index contributed by atoms with van der Waals surface area (Å²) in [6.45, 7) is 5.85. The smallest absolute Gasteiger partial charge is 0.179 e. The number of imidazole rings is 1. The van der Waals surface area contributed by atoms with E-state index in [1.807, 2.05) is 18.4 Å². The van der Waals surface area contributed by atoms with Crippen molar-refractivity contribution in [1.82, 2.24) is 9.55 Å². The zero-order valence-electron chi connectivity index (χ0n) is 10.7. The Hall–Kier alpha value is -1.97. The van der Waals surface area contributed by atoms with Gasteiger partial charge >= 0.3 is 0 Å². The number of hydrogen-bond donors (Lipinski definition) is 0. The third-order valence-electron chi connectivity index (χ3n) is 3.00. The number of benzene rings is 1. The molecule has 1 heterocycles. The zero-order valence-corrected chi connectivity index (χ0v) is 10.7. The number of hydrogen-bond acceptors (Lipinski definition) is 2. The van der Waals surface area contributed by atoms with Crippen molar-refractivity contribution in [3.05, 3.63) is 52.9 Å². The van der Waals surface area contributed by atoms with E-state index < -0.39 is 0 Å². The predicted molar refractivity (Wildman–Crippen MR) is 67.2 cm³/mol. The Bertz CT molecular complexity index is 585. The third-order valence-corrected chi connectivity index (χ3v) is 3.00. The Kier molecular flexibility index (Phi) is 3.28. The lowest BCUT2D eigenvalue weighted by molar-refractivity contribution is 0.101. The number of carbonyl (C=O) groups excluding carboxylic acids is 1. The lowest BCUT2D eigenvalue weighted by atomic mass is 10.2. The van der Waals surface area contributed by atoms with Crippen LogP contribution in [0.4, 0.5) is 4.39 Å². The van der Waals surface area contributed by atoms with E-state index in [-0.39, 0.29) is 11.6 Å². The summed E-state index contributed by atoms with van der Waals surface area (Å²) in [7, 11) is 0. The second-order valence-electron chi connectivity index (χ2n) is 4.36. The maximum Gasteiger partial charge on any atom is 0.179 e. The van der Waals surface area contributed by atoms with E-state index in [1.54, 1.807) is 12.1 Å². The van der Waals surface area contributed by atoms with Gasteiger partial charge in [0.1, 0.15) is 17.3 Å². The van der Waals surface area contributed by atoms with Crippen molar-refractivity contribution in [2.75, 3.05) is 0 Å². The maximum atomic E-state index is 12.8. The first-order valence-corrected chi connectivity index (χ1v) is 5.78. The average molecular weight is 246 g/mol. The molecule has 0 aliphatic heterocycles. The molecular weight excluding hydrogens is 231 g/mol.